The van der Waals surface area contributed by atoms with Crippen LogP contribution in [0.15, 0.2) is 85.5 Å². The van der Waals surface area contributed by atoms with Crippen LogP contribution in [0.1, 0.15) is 23.1 Å². The Labute approximate surface area is 328 Å². The molecule has 2 saturated heterocycles. The number of halogens is 1. The maximum Gasteiger partial charge on any atom is 1.00 e. The summed E-state index contributed by atoms with van der Waals surface area (Å²) in [5.41, 5.74) is 1.72. The van der Waals surface area contributed by atoms with Crippen LogP contribution in [-0.4, -0.2) is 76.5 Å². The first-order chi connectivity index (χ1) is 22.5. The van der Waals surface area contributed by atoms with Crippen LogP contribution >= 0.6 is 7.82 Å². The van der Waals surface area contributed by atoms with E-state index in [-0.39, 0.29) is 121 Å². The first-order valence-corrected chi connectivity index (χ1v) is 16.4. The Bertz CT molecular complexity index is 1680. The molecule has 12 nitrogen and oxygen atoms in total. The summed E-state index contributed by atoms with van der Waals surface area (Å²) in [6.45, 7) is 3.60. The van der Waals surface area contributed by atoms with E-state index in [1.807, 2.05) is 30.3 Å². The molecule has 0 N–H and O–H groups in total. The Balaban J connectivity index is 0.00000325. The summed E-state index contributed by atoms with van der Waals surface area (Å²) in [5, 5.41) is 3.12. The minimum absolute atomic E-state index is 0. The predicted molar refractivity (Wildman–Crippen MR) is 165 cm³/mol. The molecule has 3 amide bonds. The third-order valence-electron chi connectivity index (χ3n) is 8.09. The Morgan fingerprint density at radius 1 is 1.02 bits per heavy atom. The smallest absolute Gasteiger partial charge is 0.780 e. The van der Waals surface area contributed by atoms with Gasteiger partial charge < -0.3 is 33.4 Å². The van der Waals surface area contributed by atoms with E-state index in [1.165, 1.54) is 58.3 Å². The zero-order valence-electron chi connectivity index (χ0n) is 27.7. The molecule has 248 valence electrons. The van der Waals surface area contributed by atoms with Crippen LogP contribution in [0.2, 0.25) is 0 Å². The monoisotopic (exact) mass is 710 g/mol. The molecule has 3 aromatic carbocycles. The van der Waals surface area contributed by atoms with E-state index in [0.717, 1.165) is 5.56 Å². The fraction of sp³-hybridized carbons (Fsp3) is 0.303. The molecule has 2 heterocycles. The van der Waals surface area contributed by atoms with E-state index < -0.39 is 31.8 Å². The van der Waals surface area contributed by atoms with Crippen molar-refractivity contribution in [1.82, 2.24) is 19.8 Å². The zero-order valence-corrected chi connectivity index (χ0v) is 32.6. The molecule has 0 aromatic heterocycles. The molecule has 0 bridgehead atoms. The molecule has 5 rings (SSSR count). The van der Waals surface area contributed by atoms with Crippen LogP contribution in [0.3, 0.4) is 0 Å². The van der Waals surface area contributed by atoms with E-state index in [1.54, 1.807) is 17.2 Å². The summed E-state index contributed by atoms with van der Waals surface area (Å²) in [7, 11) is -3.87. The maximum atomic E-state index is 15.1. The van der Waals surface area contributed by atoms with E-state index >= 15 is 4.39 Å². The molecule has 0 aliphatic carbocycles. The molecule has 3 aromatic rings. The van der Waals surface area contributed by atoms with E-state index in [4.69, 9.17) is 4.74 Å². The summed E-state index contributed by atoms with van der Waals surface area (Å²) < 4.78 is 35.7. The number of hydrazine groups is 1. The number of aryl methyl sites for hydroxylation is 1. The third kappa shape index (κ3) is 10.3. The van der Waals surface area contributed by atoms with Crippen molar-refractivity contribution >= 4 is 25.5 Å². The van der Waals surface area contributed by atoms with Crippen molar-refractivity contribution in [3.05, 3.63) is 108 Å². The quantitative estimate of drug-likeness (QED) is 0.105. The average Bonchev–Trinajstić information content (AvgIpc) is 3.03. The van der Waals surface area contributed by atoms with Crippen LogP contribution < -0.4 is 78.2 Å². The van der Waals surface area contributed by atoms with Gasteiger partial charge in [-0.25, -0.2) is 14.4 Å². The molecule has 0 unspecified atom stereocenters. The first kappa shape index (κ1) is 40.9. The standard InChI is InChI=1S/C33H36FN4O8P.2Na/c1-3-17-36-22-32(40)37-29(18-24-9-13-26(14-10-24)46-47(42,43)44)33(41)35(20-25-12-15-27(45-2)19-28(25)34)21-30(37)38(36)31(39)16-11-23-7-5-4-6-8-23;;/h3-10,12-15,19,29-30H,1,11,16-18,20-22H2,2H3,(H2,42,43,44);;/q;2*+1/p-2/t29-,30-;;/m0../s1. The van der Waals surface area contributed by atoms with Gasteiger partial charge in [0.05, 0.1) is 20.2 Å². The number of phosphoric ester groups is 1. The van der Waals surface area contributed by atoms with E-state index in [9.17, 15) is 28.7 Å². The van der Waals surface area contributed by atoms with Gasteiger partial charge in [0, 0.05) is 37.6 Å². The third-order valence-corrected chi connectivity index (χ3v) is 8.52. The molecule has 2 atom stereocenters. The molecule has 0 saturated carbocycles. The Hall–Kier alpha value is -2.55. The molecule has 2 aliphatic heterocycles. The Kier molecular flexibility index (Phi) is 15.1. The maximum absolute atomic E-state index is 15.1. The molecular formula is C33H34FN4Na2O8P. The molecule has 49 heavy (non-hydrogen) atoms. The number of hydrogen-bond acceptors (Lipinski definition) is 9. The van der Waals surface area contributed by atoms with Gasteiger partial charge in [-0.2, -0.15) is 0 Å². The largest absolute Gasteiger partial charge is 1.00 e. The second-order valence-corrected chi connectivity index (χ2v) is 12.3. The van der Waals surface area contributed by atoms with Crippen molar-refractivity contribution in [2.24, 2.45) is 0 Å². The first-order valence-electron chi connectivity index (χ1n) is 14.9. The minimum Gasteiger partial charge on any atom is -0.780 e. The fourth-order valence-electron chi connectivity index (χ4n) is 5.94. The topological polar surface area (TPSA) is 146 Å². The van der Waals surface area contributed by atoms with Crippen molar-refractivity contribution in [1.29, 1.82) is 0 Å². The number of phosphoric acid groups is 1. The van der Waals surface area contributed by atoms with Crippen LogP contribution in [-0.2, 0) is 38.3 Å². The van der Waals surface area contributed by atoms with Crippen LogP contribution in [0.25, 0.3) is 0 Å². The summed E-state index contributed by atoms with van der Waals surface area (Å²) in [6.07, 6.45) is 1.26. The van der Waals surface area contributed by atoms with Crippen molar-refractivity contribution in [2.45, 2.75) is 38.0 Å². The second kappa shape index (κ2) is 18.1. The number of benzene rings is 3. The molecule has 2 aliphatic rings. The number of carbonyl (C=O) groups excluding carboxylic acids is 3. The van der Waals surface area contributed by atoms with Crippen LogP contribution in [0, 0.1) is 5.82 Å². The summed E-state index contributed by atoms with van der Waals surface area (Å²) >= 11 is 0. The molecule has 0 radical (unpaired) electrons. The number of hydrogen-bond donors (Lipinski definition) is 0. The number of nitrogens with zero attached hydrogens (tertiary/aromatic N) is 4. The number of piperazine rings is 1. The number of amides is 3. The summed E-state index contributed by atoms with van der Waals surface area (Å²) in [6, 6.07) is 18.2. The van der Waals surface area contributed by atoms with Gasteiger partial charge in [-0.1, -0.05) is 54.6 Å². The number of carbonyl (C=O) groups is 3. The molecule has 0 spiro atoms. The minimum atomic E-state index is -5.28. The molecule has 16 heteroatoms. The predicted octanol–water partition coefficient (Wildman–Crippen LogP) is -3.96. The van der Waals surface area contributed by atoms with Gasteiger partial charge >= 0.3 is 59.1 Å². The van der Waals surface area contributed by atoms with Gasteiger partial charge in [0.15, 0.2) is 0 Å². The number of fused-ring (bicyclic) bond motifs is 1. The van der Waals surface area contributed by atoms with E-state index in [0.29, 0.717) is 17.7 Å². The van der Waals surface area contributed by atoms with Gasteiger partial charge in [-0.05, 0) is 35.7 Å². The zero-order chi connectivity index (χ0) is 33.7. The SMILES string of the molecule is C=CCN1CC(=O)N2[C@@H](Cc3ccc(OP(=O)([O-])[O-])cc3)C(=O)N(Cc3ccc(OC)cc3F)C[C@@H]2N1C(=O)CCc1ccccc1.[Na+].[Na+]. The van der Waals surface area contributed by atoms with Crippen molar-refractivity contribution in [2.75, 3.05) is 26.7 Å². The molecular weight excluding hydrogens is 676 g/mol. The van der Waals surface area contributed by atoms with Gasteiger partial charge in [0.25, 0.3) is 0 Å². The normalized spacial score (nSPS) is 17.8. The Morgan fingerprint density at radius 2 is 1.69 bits per heavy atom. The Morgan fingerprint density at radius 3 is 2.31 bits per heavy atom. The second-order valence-electron chi connectivity index (χ2n) is 11.2. The van der Waals surface area contributed by atoms with Crippen molar-refractivity contribution in [3.63, 3.8) is 0 Å². The molecule has 2 fully saturated rings. The van der Waals surface area contributed by atoms with Gasteiger partial charge in [-0.15, -0.1) is 6.58 Å². The van der Waals surface area contributed by atoms with E-state index in [2.05, 4.69) is 11.1 Å². The number of rotatable bonds is 12. The van der Waals surface area contributed by atoms with Crippen molar-refractivity contribution < 1.29 is 102 Å². The van der Waals surface area contributed by atoms with Gasteiger partial charge in [-0.3, -0.25) is 14.4 Å². The van der Waals surface area contributed by atoms with Crippen LogP contribution in [0.4, 0.5) is 4.39 Å². The van der Waals surface area contributed by atoms with Gasteiger partial charge in [0.1, 0.15) is 37.3 Å². The van der Waals surface area contributed by atoms with Gasteiger partial charge in [0.2, 0.25) is 17.7 Å². The average molecular weight is 711 g/mol. The van der Waals surface area contributed by atoms with Crippen molar-refractivity contribution in [3.8, 4) is 11.5 Å². The number of ether oxygens (including phenoxy) is 1. The summed E-state index contributed by atoms with van der Waals surface area (Å²) in [4.78, 5) is 66.8. The number of methoxy groups -OCH3 is 1. The fourth-order valence-corrected chi connectivity index (χ4v) is 6.32. The summed E-state index contributed by atoms with van der Waals surface area (Å²) in [5.74, 6) is -1.56. The van der Waals surface area contributed by atoms with Crippen LogP contribution in [0.5, 0.6) is 11.5 Å².